The molecular formula is C25H22N2O. The average molecular weight is 366 g/mol. The fourth-order valence-electron chi connectivity index (χ4n) is 4.41. The Hall–Kier alpha value is -3.38. The van der Waals surface area contributed by atoms with Gasteiger partial charge in [-0.25, -0.2) is 0 Å². The molecule has 0 saturated heterocycles. The number of amides is 1. The summed E-state index contributed by atoms with van der Waals surface area (Å²) in [5.41, 5.74) is 3.30. The third kappa shape index (κ3) is 2.97. The Balaban J connectivity index is 1.92. The van der Waals surface area contributed by atoms with Crippen LogP contribution in [0, 0.1) is 11.3 Å². The van der Waals surface area contributed by atoms with Crippen molar-refractivity contribution in [2.45, 2.75) is 31.3 Å². The maximum atomic E-state index is 13.5. The summed E-state index contributed by atoms with van der Waals surface area (Å²) in [5, 5.41) is 9.66. The van der Waals surface area contributed by atoms with Crippen molar-refractivity contribution in [1.29, 1.82) is 5.26 Å². The Bertz CT molecular complexity index is 1020. The first-order valence-electron chi connectivity index (χ1n) is 9.51. The molecule has 1 heterocycles. The number of rotatable bonds is 4. The number of hydrogen-bond acceptors (Lipinski definition) is 2. The summed E-state index contributed by atoms with van der Waals surface area (Å²) in [4.78, 5) is 15.5. The van der Waals surface area contributed by atoms with Gasteiger partial charge in [0.2, 0.25) is 0 Å². The van der Waals surface area contributed by atoms with Crippen LogP contribution in [-0.4, -0.2) is 10.8 Å². The van der Waals surface area contributed by atoms with Crippen LogP contribution in [0.4, 0.5) is 0 Å². The van der Waals surface area contributed by atoms with E-state index in [1.807, 2.05) is 77.7 Å². The van der Waals surface area contributed by atoms with Gasteiger partial charge in [0.15, 0.2) is 0 Å². The summed E-state index contributed by atoms with van der Waals surface area (Å²) in [5.74, 6) is 0.0173. The lowest BCUT2D eigenvalue weighted by Gasteiger charge is -2.48. The first kappa shape index (κ1) is 18.0. The van der Waals surface area contributed by atoms with E-state index in [-0.39, 0.29) is 11.9 Å². The predicted molar refractivity (Wildman–Crippen MR) is 110 cm³/mol. The lowest BCUT2D eigenvalue weighted by Crippen LogP contribution is -2.50. The lowest BCUT2D eigenvalue weighted by atomic mass is 9.66. The Labute approximate surface area is 165 Å². The molecular weight excluding hydrogens is 344 g/mol. The summed E-state index contributed by atoms with van der Waals surface area (Å²) in [7, 11) is 0. The van der Waals surface area contributed by atoms with Gasteiger partial charge in [-0.3, -0.25) is 4.79 Å². The molecule has 0 aliphatic carbocycles. The summed E-state index contributed by atoms with van der Waals surface area (Å²) < 4.78 is 0. The van der Waals surface area contributed by atoms with Crippen LogP contribution < -0.4 is 0 Å². The van der Waals surface area contributed by atoms with Crippen LogP contribution in [-0.2, 0) is 12.0 Å². The molecule has 138 valence electrons. The molecule has 3 heteroatoms. The topological polar surface area (TPSA) is 44.1 Å². The number of nitrogens with zero attached hydrogens (tertiary/aromatic N) is 2. The zero-order valence-corrected chi connectivity index (χ0v) is 15.9. The van der Waals surface area contributed by atoms with Crippen molar-refractivity contribution >= 4 is 5.91 Å². The van der Waals surface area contributed by atoms with Crippen LogP contribution in [0.3, 0.4) is 0 Å². The number of fused-ring (bicyclic) bond motifs is 1. The molecule has 4 rings (SSSR count). The highest BCUT2D eigenvalue weighted by atomic mass is 16.2. The fraction of sp³-hybridized carbons (Fsp3) is 0.200. The van der Waals surface area contributed by atoms with Gasteiger partial charge in [-0.05, 0) is 22.8 Å². The van der Waals surface area contributed by atoms with E-state index in [2.05, 4.69) is 25.1 Å². The van der Waals surface area contributed by atoms with E-state index in [0.717, 1.165) is 16.7 Å². The number of carbonyl (C=O) groups is 1. The molecule has 1 aliphatic heterocycles. The zero-order chi connectivity index (χ0) is 19.6. The highest BCUT2D eigenvalue weighted by Gasteiger charge is 2.48. The Morgan fingerprint density at radius 2 is 1.54 bits per heavy atom. The van der Waals surface area contributed by atoms with Crippen LogP contribution in [0.25, 0.3) is 0 Å². The van der Waals surface area contributed by atoms with E-state index in [1.54, 1.807) is 0 Å². The summed E-state index contributed by atoms with van der Waals surface area (Å²) >= 11 is 0. The normalized spacial score (nSPS) is 21.1. The molecule has 0 unspecified atom stereocenters. The lowest BCUT2D eigenvalue weighted by molar-refractivity contribution is 0.0489. The van der Waals surface area contributed by atoms with Crippen molar-refractivity contribution in [3.05, 3.63) is 107 Å². The van der Waals surface area contributed by atoms with Crippen molar-refractivity contribution in [2.75, 3.05) is 0 Å². The zero-order valence-electron chi connectivity index (χ0n) is 15.9. The molecule has 3 aromatic rings. The van der Waals surface area contributed by atoms with Gasteiger partial charge in [0.1, 0.15) is 0 Å². The maximum absolute atomic E-state index is 13.5. The first-order valence-corrected chi connectivity index (χ1v) is 9.51. The third-order valence-electron chi connectivity index (χ3n) is 5.71. The molecule has 1 amide bonds. The van der Waals surface area contributed by atoms with E-state index in [9.17, 15) is 10.1 Å². The molecule has 2 atom stereocenters. The second-order valence-corrected chi connectivity index (χ2v) is 7.53. The molecule has 0 radical (unpaired) electrons. The number of nitriles is 1. The monoisotopic (exact) mass is 366 g/mol. The highest BCUT2D eigenvalue weighted by molar-refractivity contribution is 5.98. The summed E-state index contributed by atoms with van der Waals surface area (Å²) in [6.45, 7) is 2.62. The molecule has 0 N–H and O–H groups in total. The summed E-state index contributed by atoms with van der Waals surface area (Å²) in [6, 6.07) is 30.0. The molecule has 3 nitrogen and oxygen atoms in total. The van der Waals surface area contributed by atoms with Crippen LogP contribution >= 0.6 is 0 Å². The number of carbonyl (C=O) groups excluding carboxylic acids is 1. The van der Waals surface area contributed by atoms with Gasteiger partial charge < -0.3 is 4.90 Å². The maximum Gasteiger partial charge on any atom is 0.255 e. The van der Waals surface area contributed by atoms with Crippen molar-refractivity contribution in [2.24, 2.45) is 0 Å². The van der Waals surface area contributed by atoms with Crippen molar-refractivity contribution in [1.82, 2.24) is 4.90 Å². The Kier molecular flexibility index (Phi) is 4.71. The molecule has 28 heavy (non-hydrogen) atoms. The third-order valence-corrected chi connectivity index (χ3v) is 5.71. The van der Waals surface area contributed by atoms with E-state index < -0.39 is 5.41 Å². The molecule has 0 saturated carbocycles. The van der Waals surface area contributed by atoms with Crippen LogP contribution in [0.15, 0.2) is 84.9 Å². The minimum absolute atomic E-state index is 0.0173. The van der Waals surface area contributed by atoms with Gasteiger partial charge in [0, 0.05) is 23.9 Å². The molecule has 0 aromatic heterocycles. The van der Waals surface area contributed by atoms with Gasteiger partial charge in [-0.15, -0.1) is 0 Å². The second kappa shape index (κ2) is 7.32. The van der Waals surface area contributed by atoms with Gasteiger partial charge >= 0.3 is 0 Å². The van der Waals surface area contributed by atoms with Gasteiger partial charge in [0.25, 0.3) is 5.91 Å². The molecule has 0 fully saturated rings. The average Bonchev–Trinajstić information content (AvgIpc) is 2.74. The van der Waals surface area contributed by atoms with Gasteiger partial charge in [-0.1, -0.05) is 85.8 Å². The smallest absolute Gasteiger partial charge is 0.255 e. The van der Waals surface area contributed by atoms with Gasteiger partial charge in [-0.2, -0.15) is 5.26 Å². The second-order valence-electron chi connectivity index (χ2n) is 7.53. The molecule has 3 aromatic carbocycles. The van der Waals surface area contributed by atoms with Crippen molar-refractivity contribution in [3.8, 4) is 6.07 Å². The van der Waals surface area contributed by atoms with E-state index >= 15 is 0 Å². The quantitative estimate of drug-likeness (QED) is 0.632. The molecule has 0 spiro atoms. The van der Waals surface area contributed by atoms with Gasteiger partial charge in [0.05, 0.1) is 12.1 Å². The van der Waals surface area contributed by atoms with Crippen molar-refractivity contribution in [3.63, 3.8) is 0 Å². The van der Waals surface area contributed by atoms with Crippen molar-refractivity contribution < 1.29 is 4.79 Å². The van der Waals surface area contributed by atoms with E-state index in [0.29, 0.717) is 18.5 Å². The van der Waals surface area contributed by atoms with E-state index in [4.69, 9.17) is 0 Å². The standard InChI is InChI=1S/C25H22N2O/c1-25(16-17-26)22-15-9-8-14-21(22)24(28)27(18-19-10-4-2-5-11-19)23(25)20-12-6-3-7-13-20/h2-15,23H,16,18H2,1H3/t23-,25-/m1/s1. The molecule has 0 bridgehead atoms. The van der Waals surface area contributed by atoms with Crippen LogP contribution in [0.1, 0.15) is 46.4 Å². The first-order chi connectivity index (χ1) is 13.6. The highest BCUT2D eigenvalue weighted by Crippen LogP contribution is 2.49. The van der Waals surface area contributed by atoms with Crippen LogP contribution in [0.2, 0.25) is 0 Å². The number of hydrogen-bond donors (Lipinski definition) is 0. The summed E-state index contributed by atoms with van der Waals surface area (Å²) in [6.07, 6.45) is 0.335. The Morgan fingerprint density at radius 1 is 0.929 bits per heavy atom. The van der Waals surface area contributed by atoms with Crippen LogP contribution in [0.5, 0.6) is 0 Å². The SMILES string of the molecule is C[C@@]1(CC#N)c2ccccc2C(=O)N(Cc2ccccc2)[C@@H]1c1ccccc1. The number of benzene rings is 3. The largest absolute Gasteiger partial charge is 0.326 e. The predicted octanol–water partition coefficient (Wildman–Crippen LogP) is 5.26. The minimum atomic E-state index is -0.491. The molecule has 1 aliphatic rings. The fourth-order valence-corrected chi connectivity index (χ4v) is 4.41. The minimum Gasteiger partial charge on any atom is -0.326 e. The Morgan fingerprint density at radius 3 is 2.21 bits per heavy atom. The van der Waals surface area contributed by atoms with E-state index in [1.165, 1.54) is 0 Å².